The van der Waals surface area contributed by atoms with Crippen molar-refractivity contribution in [3.8, 4) is 0 Å². The number of benzene rings is 2. The molecule has 0 fully saturated rings. The smallest absolute Gasteiger partial charge is 0.417 e. The van der Waals surface area contributed by atoms with Crippen LogP contribution >= 0.6 is 34.8 Å². The molecule has 0 aliphatic carbocycles. The van der Waals surface area contributed by atoms with Gasteiger partial charge in [0.25, 0.3) is 15.9 Å². The molecule has 1 amide bonds. The van der Waals surface area contributed by atoms with Gasteiger partial charge in [-0.2, -0.15) is 13.2 Å². The van der Waals surface area contributed by atoms with Crippen molar-refractivity contribution in [2.24, 2.45) is 0 Å². The molecule has 1 heterocycles. The van der Waals surface area contributed by atoms with Gasteiger partial charge in [0.05, 0.1) is 31.8 Å². The number of halogens is 6. The van der Waals surface area contributed by atoms with E-state index in [0.29, 0.717) is 12.3 Å². The van der Waals surface area contributed by atoms with Gasteiger partial charge >= 0.3 is 12.1 Å². The molecule has 1 aromatic heterocycles. The lowest BCUT2D eigenvalue weighted by molar-refractivity contribution is -0.137. The number of nitrogens with one attached hydrogen (secondary N) is 2. The molecule has 3 aromatic rings. The predicted molar refractivity (Wildman–Crippen MR) is 131 cm³/mol. The van der Waals surface area contributed by atoms with Gasteiger partial charge in [0.15, 0.2) is 11.9 Å². The van der Waals surface area contributed by atoms with E-state index in [1.54, 1.807) is 0 Å². The first-order chi connectivity index (χ1) is 17.2. The third-order valence-corrected chi connectivity index (χ3v) is 6.83. The van der Waals surface area contributed by atoms with Gasteiger partial charge in [0, 0.05) is 11.2 Å². The monoisotopic (exact) mass is 595 g/mol. The molecule has 37 heavy (non-hydrogen) atoms. The summed E-state index contributed by atoms with van der Waals surface area (Å²) in [6.07, 6.45) is -5.65. The summed E-state index contributed by atoms with van der Waals surface area (Å²) in [5.74, 6) is -2.36. The van der Waals surface area contributed by atoms with Crippen LogP contribution in [0.1, 0.15) is 22.8 Å². The van der Waals surface area contributed by atoms with Crippen molar-refractivity contribution in [1.82, 2.24) is 4.98 Å². The van der Waals surface area contributed by atoms with Crippen LogP contribution in [-0.2, 0) is 25.7 Å². The van der Waals surface area contributed by atoms with E-state index in [9.17, 15) is 31.2 Å². The summed E-state index contributed by atoms with van der Waals surface area (Å²) in [4.78, 5) is 28.1. The molecule has 0 aliphatic rings. The second kappa shape index (κ2) is 11.1. The maximum absolute atomic E-state index is 12.8. The maximum Gasteiger partial charge on any atom is 0.417 e. The largest absolute Gasteiger partial charge is 0.449 e. The van der Waals surface area contributed by atoms with Gasteiger partial charge in [0.2, 0.25) is 0 Å². The van der Waals surface area contributed by atoms with Crippen LogP contribution in [0.15, 0.2) is 59.6 Å². The highest BCUT2D eigenvalue weighted by Crippen LogP contribution is 2.32. The minimum atomic E-state index is -4.68. The predicted octanol–water partition coefficient (Wildman–Crippen LogP) is 6.05. The number of carbonyl (C=O) groups excluding carboxylic acids is 2. The summed E-state index contributed by atoms with van der Waals surface area (Å²) in [7, 11) is -4.20. The number of rotatable bonds is 7. The molecule has 0 saturated heterocycles. The molecule has 1 atom stereocenters. The molecule has 8 nitrogen and oxygen atoms in total. The van der Waals surface area contributed by atoms with Crippen molar-refractivity contribution in [2.45, 2.75) is 24.1 Å². The average molecular weight is 597 g/mol. The third-order valence-electron chi connectivity index (χ3n) is 4.62. The number of esters is 1. The van der Waals surface area contributed by atoms with Gasteiger partial charge in [-0.15, -0.1) is 0 Å². The Morgan fingerprint density at radius 2 is 1.73 bits per heavy atom. The molecule has 2 aromatic carbocycles. The number of amides is 1. The Kier molecular flexibility index (Phi) is 8.58. The Morgan fingerprint density at radius 1 is 1.03 bits per heavy atom. The Bertz CT molecular complexity index is 1470. The van der Waals surface area contributed by atoms with Crippen LogP contribution in [0, 0.1) is 0 Å². The molecule has 3 rings (SSSR count). The fraction of sp³-hybridized carbons (Fsp3) is 0.136. The lowest BCUT2D eigenvalue weighted by Crippen LogP contribution is -2.30. The van der Waals surface area contributed by atoms with Gasteiger partial charge in [-0.1, -0.05) is 40.9 Å². The van der Waals surface area contributed by atoms with E-state index in [-0.39, 0.29) is 32.0 Å². The van der Waals surface area contributed by atoms with E-state index in [2.05, 4.69) is 15.0 Å². The third kappa shape index (κ3) is 7.25. The maximum atomic E-state index is 12.8. The van der Waals surface area contributed by atoms with Crippen LogP contribution in [0.3, 0.4) is 0 Å². The number of ether oxygens (including phenoxy) is 1. The highest BCUT2D eigenvalue weighted by Gasteiger charge is 2.32. The lowest BCUT2D eigenvalue weighted by Gasteiger charge is -2.15. The number of carbonyl (C=O) groups is 2. The Hall–Kier alpha value is -3.06. The van der Waals surface area contributed by atoms with Crippen molar-refractivity contribution in [3.63, 3.8) is 0 Å². The van der Waals surface area contributed by atoms with E-state index >= 15 is 0 Å². The van der Waals surface area contributed by atoms with E-state index in [1.807, 2.05) is 0 Å². The van der Waals surface area contributed by atoms with E-state index in [4.69, 9.17) is 39.5 Å². The zero-order chi connectivity index (χ0) is 27.5. The number of nitrogens with zero attached hydrogens (tertiary/aromatic N) is 1. The van der Waals surface area contributed by atoms with Crippen LogP contribution in [0.2, 0.25) is 15.1 Å². The Labute approximate surface area is 223 Å². The van der Waals surface area contributed by atoms with Gasteiger partial charge in [0.1, 0.15) is 0 Å². The van der Waals surface area contributed by atoms with Crippen LogP contribution in [0.4, 0.5) is 24.7 Å². The van der Waals surface area contributed by atoms with Crippen LogP contribution < -0.4 is 10.0 Å². The van der Waals surface area contributed by atoms with Crippen molar-refractivity contribution < 1.29 is 35.9 Å². The number of anilines is 2. The van der Waals surface area contributed by atoms with Gasteiger partial charge in [-0.25, -0.2) is 18.2 Å². The first-order valence-corrected chi connectivity index (χ1v) is 12.6. The summed E-state index contributed by atoms with van der Waals surface area (Å²) in [6, 6.07) is 9.52. The molecule has 0 aliphatic heterocycles. The van der Waals surface area contributed by atoms with Crippen LogP contribution in [0.25, 0.3) is 0 Å². The van der Waals surface area contributed by atoms with Crippen LogP contribution in [-0.4, -0.2) is 31.4 Å². The van der Waals surface area contributed by atoms with Crippen molar-refractivity contribution in [2.75, 3.05) is 10.0 Å². The Balaban J connectivity index is 1.71. The van der Waals surface area contributed by atoms with E-state index in [1.165, 1.54) is 43.3 Å². The summed E-state index contributed by atoms with van der Waals surface area (Å²) < 4.78 is 71.1. The topological polar surface area (TPSA) is 114 Å². The summed E-state index contributed by atoms with van der Waals surface area (Å²) in [5, 5.41) is 2.01. The van der Waals surface area contributed by atoms with Crippen molar-refractivity contribution in [1.29, 1.82) is 0 Å². The SMILES string of the molecule is C[C@H](OC(=O)c1cccc(S(=O)(=O)Nc2cc(Cl)ccc2Cl)c1)C(=O)Nc1ncc(C(F)(F)F)cc1Cl. The molecule has 0 spiro atoms. The second-order valence-electron chi connectivity index (χ2n) is 7.35. The number of hydrogen-bond donors (Lipinski definition) is 2. The molecule has 0 saturated carbocycles. The number of hydrogen-bond acceptors (Lipinski definition) is 6. The first-order valence-electron chi connectivity index (χ1n) is 10.00. The number of alkyl halides is 3. The number of pyridine rings is 1. The van der Waals surface area contributed by atoms with E-state index in [0.717, 1.165) is 6.07 Å². The summed E-state index contributed by atoms with van der Waals surface area (Å²) in [6.45, 7) is 1.19. The number of aromatic nitrogens is 1. The standard InChI is InChI=1S/C22H15Cl3F3N3O5S/c1-11(20(32)30-19-17(25)8-13(10-29-19)22(26,27)28)36-21(33)12-3-2-4-15(7-12)37(34,35)31-18-9-14(23)5-6-16(18)24/h2-11,31H,1H3,(H,29,30,32)/t11-/m0/s1. The molecule has 0 unspecified atom stereocenters. The van der Waals surface area contributed by atoms with Gasteiger partial charge in [-0.05, 0) is 49.4 Å². The molecular weight excluding hydrogens is 582 g/mol. The Morgan fingerprint density at radius 3 is 2.38 bits per heavy atom. The second-order valence-corrected chi connectivity index (χ2v) is 10.3. The lowest BCUT2D eigenvalue weighted by atomic mass is 10.2. The molecule has 15 heteroatoms. The molecule has 196 valence electrons. The molecule has 0 radical (unpaired) electrons. The first kappa shape index (κ1) is 28.5. The molecular formula is C22H15Cl3F3N3O5S. The van der Waals surface area contributed by atoms with E-state index < -0.39 is 44.8 Å². The summed E-state index contributed by atoms with van der Waals surface area (Å²) >= 11 is 17.6. The van der Waals surface area contributed by atoms with Crippen molar-refractivity contribution >= 4 is 68.2 Å². The van der Waals surface area contributed by atoms with Gasteiger partial charge in [-0.3, -0.25) is 9.52 Å². The fourth-order valence-electron chi connectivity index (χ4n) is 2.75. The zero-order valence-electron chi connectivity index (χ0n) is 18.4. The van der Waals surface area contributed by atoms with Crippen LogP contribution in [0.5, 0.6) is 0 Å². The average Bonchev–Trinajstić information content (AvgIpc) is 2.81. The summed E-state index contributed by atoms with van der Waals surface area (Å²) in [5.41, 5.74) is -1.30. The molecule has 2 N–H and O–H groups in total. The highest BCUT2D eigenvalue weighted by molar-refractivity contribution is 7.92. The minimum Gasteiger partial charge on any atom is -0.449 e. The minimum absolute atomic E-state index is 0.0166. The molecule has 0 bridgehead atoms. The highest BCUT2D eigenvalue weighted by atomic mass is 35.5. The zero-order valence-corrected chi connectivity index (χ0v) is 21.5. The quantitative estimate of drug-likeness (QED) is 0.321. The number of sulfonamides is 1. The fourth-order valence-corrected chi connectivity index (χ4v) is 4.48. The normalized spacial score (nSPS) is 12.5. The van der Waals surface area contributed by atoms with Gasteiger partial charge < -0.3 is 10.1 Å². The van der Waals surface area contributed by atoms with Crippen molar-refractivity contribution in [3.05, 3.63) is 80.9 Å².